The summed E-state index contributed by atoms with van der Waals surface area (Å²) in [4.78, 5) is 58.6. The Morgan fingerprint density at radius 3 is 0.869 bits per heavy atom. The van der Waals surface area contributed by atoms with Crippen molar-refractivity contribution in [1.29, 1.82) is 0 Å². The predicted molar refractivity (Wildman–Crippen MR) is 408 cm³/mol. The van der Waals surface area contributed by atoms with Gasteiger partial charge in [0.1, 0.15) is 25.4 Å². The minimum Gasteiger partial charge on any atom is -0.463 e. The van der Waals surface area contributed by atoms with Gasteiger partial charge in [0.05, 0.1) is 26.4 Å². The maximum atomic E-state index is 13.0. The van der Waals surface area contributed by atoms with Crippen molar-refractivity contribution in [2.75, 3.05) is 39.6 Å². The molecule has 574 valence electrons. The molecule has 0 spiro atoms. The first kappa shape index (κ1) is 95.5. The van der Waals surface area contributed by atoms with E-state index >= 15 is 0 Å². The van der Waals surface area contributed by atoms with Crippen LogP contribution in [0.5, 0.6) is 0 Å². The third kappa shape index (κ3) is 75.5. The molecule has 0 heterocycles. The fourth-order valence-electron chi connectivity index (χ4n) is 10.8. The molecular formula is C81H144O16P2. The quantitative estimate of drug-likeness (QED) is 0.0146. The Morgan fingerprint density at radius 2 is 0.535 bits per heavy atom. The molecule has 0 bridgehead atoms. The van der Waals surface area contributed by atoms with E-state index in [2.05, 4.69) is 118 Å². The van der Waals surface area contributed by atoms with Gasteiger partial charge in [-0.15, -0.1) is 0 Å². The molecule has 4 N–H and O–H groups in total. The van der Waals surface area contributed by atoms with E-state index in [9.17, 15) is 43.5 Å². The summed E-state index contributed by atoms with van der Waals surface area (Å²) in [6.45, 7) is 2.57. The number of allylic oxidation sites excluding steroid dienone is 16. The van der Waals surface area contributed by atoms with Gasteiger partial charge in [-0.3, -0.25) is 32.5 Å². The summed E-state index contributed by atoms with van der Waals surface area (Å²) in [6.07, 6.45) is 84.5. The number of hydrogen-bond acceptors (Lipinski definition) is 14. The topological polar surface area (TPSA) is 231 Å². The molecule has 0 aliphatic rings. The lowest BCUT2D eigenvalue weighted by Gasteiger charge is -2.21. The maximum absolute atomic E-state index is 13.0. The third-order valence-electron chi connectivity index (χ3n) is 16.8. The summed E-state index contributed by atoms with van der Waals surface area (Å²) >= 11 is 0. The summed E-state index contributed by atoms with van der Waals surface area (Å²) in [5.41, 5.74) is 0. The summed E-state index contributed by atoms with van der Waals surface area (Å²) < 4.78 is 61.1. The van der Waals surface area contributed by atoms with Crippen LogP contribution in [0.4, 0.5) is 0 Å². The molecule has 0 aliphatic heterocycles. The van der Waals surface area contributed by atoms with Crippen LogP contribution in [0.15, 0.2) is 97.2 Å². The first-order valence-electron chi connectivity index (χ1n) is 39.5. The summed E-state index contributed by atoms with van der Waals surface area (Å²) in [7, 11) is -9.78. The second kappa shape index (κ2) is 74.2. The summed E-state index contributed by atoms with van der Waals surface area (Å²) in [5, 5.41) is 20.6. The molecule has 0 saturated heterocycles. The molecule has 0 rings (SSSR count). The molecule has 0 aromatic carbocycles. The Balaban J connectivity index is 4.50. The highest BCUT2D eigenvalue weighted by Gasteiger charge is 2.29. The van der Waals surface area contributed by atoms with Crippen LogP contribution in [0.25, 0.3) is 0 Å². The van der Waals surface area contributed by atoms with Crippen molar-refractivity contribution in [1.82, 2.24) is 0 Å². The highest BCUT2D eigenvalue weighted by molar-refractivity contribution is 7.47. The van der Waals surface area contributed by atoms with Crippen LogP contribution in [0, 0.1) is 0 Å². The first-order chi connectivity index (χ1) is 48.2. The number of carbonyl (C=O) groups is 3. The third-order valence-corrected chi connectivity index (χ3v) is 18.7. The zero-order valence-corrected chi connectivity index (χ0v) is 64.4. The van der Waals surface area contributed by atoms with Gasteiger partial charge < -0.3 is 34.2 Å². The van der Waals surface area contributed by atoms with Gasteiger partial charge in [-0.2, -0.15) is 0 Å². The monoisotopic (exact) mass is 1430 g/mol. The Kier molecular flexibility index (Phi) is 71.6. The lowest BCUT2D eigenvalue weighted by Crippen LogP contribution is -2.30. The normalized spacial score (nSPS) is 14.5. The first-order valence-corrected chi connectivity index (χ1v) is 42.5. The van der Waals surface area contributed by atoms with E-state index in [1.165, 1.54) is 148 Å². The van der Waals surface area contributed by atoms with Gasteiger partial charge in [0.2, 0.25) is 0 Å². The molecule has 0 saturated carbocycles. The number of phosphoric acid groups is 2. The molecular weight excluding hydrogens is 1290 g/mol. The van der Waals surface area contributed by atoms with E-state index in [4.69, 9.17) is 32.3 Å². The van der Waals surface area contributed by atoms with Crippen molar-refractivity contribution in [3.8, 4) is 0 Å². The lowest BCUT2D eigenvalue weighted by molar-refractivity contribution is -0.161. The average Bonchev–Trinajstić information content (AvgIpc) is 1.92. The number of carbonyl (C=O) groups excluding carboxylic acids is 3. The molecule has 5 unspecified atom stereocenters. The maximum Gasteiger partial charge on any atom is 0.472 e. The van der Waals surface area contributed by atoms with E-state index in [0.29, 0.717) is 19.3 Å². The zero-order chi connectivity index (χ0) is 72.3. The van der Waals surface area contributed by atoms with Crippen LogP contribution in [-0.2, 0) is 55.8 Å². The molecule has 0 aliphatic carbocycles. The number of rotatable bonds is 75. The van der Waals surface area contributed by atoms with Gasteiger partial charge in [-0.25, -0.2) is 9.13 Å². The Labute approximate surface area is 603 Å². The second-order valence-corrected chi connectivity index (χ2v) is 29.4. The van der Waals surface area contributed by atoms with E-state index in [1.54, 1.807) is 0 Å². The van der Waals surface area contributed by atoms with Crippen molar-refractivity contribution in [3.63, 3.8) is 0 Å². The summed E-state index contributed by atoms with van der Waals surface area (Å²) in [6, 6.07) is 0. The fraction of sp³-hybridized carbons (Fsp3) is 0.765. The number of unbranched alkanes of at least 4 members (excludes halogenated alkanes) is 36. The van der Waals surface area contributed by atoms with Gasteiger partial charge >= 0.3 is 33.6 Å². The van der Waals surface area contributed by atoms with Crippen LogP contribution in [0.1, 0.15) is 342 Å². The van der Waals surface area contributed by atoms with Crippen LogP contribution in [0.3, 0.4) is 0 Å². The summed E-state index contributed by atoms with van der Waals surface area (Å²) in [5.74, 6) is -1.58. The molecule has 5 atom stereocenters. The van der Waals surface area contributed by atoms with Gasteiger partial charge in [0.25, 0.3) is 0 Å². The molecule has 0 aromatic rings. The van der Waals surface area contributed by atoms with E-state index in [1.807, 2.05) is 0 Å². The number of esters is 3. The second-order valence-electron chi connectivity index (χ2n) is 26.5. The minimum atomic E-state index is -4.93. The van der Waals surface area contributed by atoms with Crippen LogP contribution >= 0.6 is 15.6 Å². The number of aliphatic hydroxyl groups excluding tert-OH is 2. The highest BCUT2D eigenvalue weighted by atomic mass is 31.2. The van der Waals surface area contributed by atoms with Crippen molar-refractivity contribution < 1.29 is 75.8 Å². The molecule has 0 radical (unpaired) electrons. The van der Waals surface area contributed by atoms with Gasteiger partial charge in [-0.05, 0) is 103 Å². The van der Waals surface area contributed by atoms with E-state index in [0.717, 1.165) is 135 Å². The molecule has 16 nitrogen and oxygen atoms in total. The van der Waals surface area contributed by atoms with Crippen molar-refractivity contribution in [2.45, 2.75) is 360 Å². The molecule has 0 amide bonds. The largest absolute Gasteiger partial charge is 0.472 e. The van der Waals surface area contributed by atoms with Crippen LogP contribution < -0.4 is 0 Å². The Hall–Kier alpha value is -3.53. The van der Waals surface area contributed by atoms with Crippen LogP contribution in [0.2, 0.25) is 0 Å². The van der Waals surface area contributed by atoms with Crippen molar-refractivity contribution >= 4 is 33.6 Å². The Morgan fingerprint density at radius 1 is 0.293 bits per heavy atom. The predicted octanol–water partition coefficient (Wildman–Crippen LogP) is 23.0. The van der Waals surface area contributed by atoms with Crippen molar-refractivity contribution in [2.24, 2.45) is 0 Å². The molecule has 0 aromatic heterocycles. The standard InChI is InChI=1S/C81H144O16P2/c1-4-7-10-13-16-19-22-25-28-30-32-33-34-35-36-37-38-39-40-41-43-45-47-49-52-55-58-61-64-67-79(84)91-70-76(82)71-93-98(87,88)94-72-77(83)73-95-99(89,90)96-75-78(97-81(86)69-66-63-60-57-54-51-46-27-24-21-18-15-12-9-6-3)74-92-80(85)68-65-62-59-56-53-50-48-44-42-31-29-26-23-20-17-14-11-8-5-2/h8,11,16-17,19-20,25-26,28-29,32-33,35-36,42,44,76-78,82-83H,4-7,9-10,12-15,18,21-24,27,30-31,34,37-41,43,45-75H2,1-3H3,(H,87,88)(H,89,90)/b11-8-,19-16-,20-17-,28-25-,29-26-,33-32-,36-35-,44-42-. The number of aliphatic hydroxyl groups is 2. The molecule has 18 heteroatoms. The average molecular weight is 1440 g/mol. The molecule has 99 heavy (non-hydrogen) atoms. The van der Waals surface area contributed by atoms with Crippen LogP contribution in [-0.4, -0.2) is 95.9 Å². The lowest BCUT2D eigenvalue weighted by atomic mass is 10.0. The number of phosphoric ester groups is 2. The van der Waals surface area contributed by atoms with E-state index < -0.39 is 91.5 Å². The van der Waals surface area contributed by atoms with Crippen molar-refractivity contribution in [3.05, 3.63) is 97.2 Å². The smallest absolute Gasteiger partial charge is 0.463 e. The van der Waals surface area contributed by atoms with E-state index in [-0.39, 0.29) is 19.3 Å². The minimum absolute atomic E-state index is 0.105. The van der Waals surface area contributed by atoms with Gasteiger partial charge in [0, 0.05) is 19.3 Å². The number of hydrogen-bond donors (Lipinski definition) is 4. The Bertz CT molecular complexity index is 2190. The van der Waals surface area contributed by atoms with Gasteiger partial charge in [-0.1, -0.05) is 317 Å². The van der Waals surface area contributed by atoms with Gasteiger partial charge in [0.15, 0.2) is 6.10 Å². The highest BCUT2D eigenvalue weighted by Crippen LogP contribution is 2.45. The molecule has 0 fully saturated rings. The fourth-order valence-corrected chi connectivity index (χ4v) is 12.4. The zero-order valence-electron chi connectivity index (χ0n) is 62.6. The number of ether oxygens (including phenoxy) is 3. The SMILES string of the molecule is CC/C=C\C/C=C\C/C=C\C/C=C\CCCCCCCCC(=O)OCC(COP(=O)(O)OCC(O)COP(=O)(O)OCC(O)COC(=O)CCCCCCCCCCCCCCC/C=C\C/C=C\C/C=C\C/C=C\CCCCC)OC(=O)CCCCCCCCCCCCCCCCC.